The predicted octanol–water partition coefficient (Wildman–Crippen LogP) is 1.70. The second kappa shape index (κ2) is 4.89. The van der Waals surface area contributed by atoms with Crippen molar-refractivity contribution in [3.63, 3.8) is 0 Å². The van der Waals surface area contributed by atoms with Crippen LogP contribution in [0.1, 0.15) is 23.6 Å². The smallest absolute Gasteiger partial charge is 0.307 e. The molecule has 4 heteroatoms. The molecule has 0 unspecified atom stereocenters. The number of carbonyl (C=O) groups excluding carboxylic acids is 1. The molecule has 0 amide bonds. The van der Waals surface area contributed by atoms with E-state index in [1.807, 2.05) is 6.92 Å². The van der Waals surface area contributed by atoms with Gasteiger partial charge in [-0.3, -0.25) is 4.79 Å². The fourth-order valence-electron chi connectivity index (χ4n) is 1.38. The van der Waals surface area contributed by atoms with Gasteiger partial charge in [-0.2, -0.15) is 0 Å². The van der Waals surface area contributed by atoms with Gasteiger partial charge < -0.3 is 10.5 Å². The molecule has 0 fully saturated rings. The SMILES string of the molecule is COC(=O)C[C@H](N)c1cc(F)ccc1C. The Balaban J connectivity index is 2.85. The van der Waals surface area contributed by atoms with Crippen molar-refractivity contribution in [2.24, 2.45) is 5.73 Å². The van der Waals surface area contributed by atoms with Gasteiger partial charge in [0.05, 0.1) is 13.5 Å². The van der Waals surface area contributed by atoms with E-state index in [1.54, 1.807) is 6.07 Å². The summed E-state index contributed by atoms with van der Waals surface area (Å²) in [5, 5.41) is 0. The van der Waals surface area contributed by atoms with Crippen molar-refractivity contribution < 1.29 is 13.9 Å². The molecule has 3 nitrogen and oxygen atoms in total. The van der Waals surface area contributed by atoms with E-state index >= 15 is 0 Å². The van der Waals surface area contributed by atoms with Crippen molar-refractivity contribution >= 4 is 5.97 Å². The highest BCUT2D eigenvalue weighted by molar-refractivity contribution is 5.70. The second-order valence-electron chi connectivity index (χ2n) is 3.39. The lowest BCUT2D eigenvalue weighted by molar-refractivity contribution is -0.141. The molecule has 15 heavy (non-hydrogen) atoms. The maximum absolute atomic E-state index is 13.0. The number of benzene rings is 1. The summed E-state index contributed by atoms with van der Waals surface area (Å²) in [4.78, 5) is 11.0. The lowest BCUT2D eigenvalue weighted by atomic mass is 9.99. The molecule has 1 rings (SSSR count). The van der Waals surface area contributed by atoms with E-state index in [2.05, 4.69) is 4.74 Å². The van der Waals surface area contributed by atoms with Crippen LogP contribution in [0.4, 0.5) is 4.39 Å². The molecule has 0 radical (unpaired) electrons. The molecule has 0 bridgehead atoms. The molecule has 0 aliphatic carbocycles. The summed E-state index contributed by atoms with van der Waals surface area (Å²) < 4.78 is 17.5. The van der Waals surface area contributed by atoms with Gasteiger partial charge in [-0.25, -0.2) is 4.39 Å². The minimum absolute atomic E-state index is 0.0563. The average Bonchev–Trinajstić information content (AvgIpc) is 2.21. The monoisotopic (exact) mass is 211 g/mol. The van der Waals surface area contributed by atoms with Gasteiger partial charge in [0, 0.05) is 6.04 Å². The molecular formula is C11H14FNO2. The second-order valence-corrected chi connectivity index (χ2v) is 3.39. The average molecular weight is 211 g/mol. The minimum Gasteiger partial charge on any atom is -0.469 e. The van der Waals surface area contributed by atoms with E-state index in [-0.39, 0.29) is 12.2 Å². The molecular weight excluding hydrogens is 197 g/mol. The first-order valence-corrected chi connectivity index (χ1v) is 4.63. The van der Waals surface area contributed by atoms with E-state index in [0.29, 0.717) is 5.56 Å². The zero-order valence-electron chi connectivity index (χ0n) is 8.79. The molecule has 0 heterocycles. The highest BCUT2D eigenvalue weighted by Gasteiger charge is 2.14. The number of hydrogen-bond donors (Lipinski definition) is 1. The van der Waals surface area contributed by atoms with Crippen LogP contribution in [0, 0.1) is 12.7 Å². The summed E-state index contributed by atoms with van der Waals surface area (Å²) >= 11 is 0. The number of halogens is 1. The molecule has 0 aliphatic rings. The lowest BCUT2D eigenvalue weighted by Crippen LogP contribution is -2.17. The van der Waals surface area contributed by atoms with E-state index in [1.165, 1.54) is 19.2 Å². The van der Waals surface area contributed by atoms with Gasteiger partial charge in [0.25, 0.3) is 0 Å². The summed E-state index contributed by atoms with van der Waals surface area (Å²) in [5.41, 5.74) is 7.28. The molecule has 1 atom stereocenters. The maximum Gasteiger partial charge on any atom is 0.307 e. The molecule has 2 N–H and O–H groups in total. The largest absolute Gasteiger partial charge is 0.469 e. The van der Waals surface area contributed by atoms with Crippen LogP contribution in [0.3, 0.4) is 0 Å². The van der Waals surface area contributed by atoms with Crippen molar-refractivity contribution in [2.45, 2.75) is 19.4 Å². The Morgan fingerprint density at radius 3 is 2.87 bits per heavy atom. The fourth-order valence-corrected chi connectivity index (χ4v) is 1.38. The van der Waals surface area contributed by atoms with Crippen molar-refractivity contribution in [3.05, 3.63) is 35.1 Å². The molecule has 1 aromatic carbocycles. The number of nitrogens with two attached hydrogens (primary N) is 1. The third-order valence-corrected chi connectivity index (χ3v) is 2.26. The first-order valence-electron chi connectivity index (χ1n) is 4.63. The third kappa shape index (κ3) is 3.02. The van der Waals surface area contributed by atoms with E-state index in [0.717, 1.165) is 5.56 Å². The normalized spacial score (nSPS) is 12.3. The summed E-state index contributed by atoms with van der Waals surface area (Å²) in [6.07, 6.45) is 0.0563. The molecule has 0 spiro atoms. The van der Waals surface area contributed by atoms with Crippen LogP contribution in [0.2, 0.25) is 0 Å². The minimum atomic E-state index is -0.520. The zero-order chi connectivity index (χ0) is 11.4. The first kappa shape index (κ1) is 11.7. The van der Waals surface area contributed by atoms with Gasteiger partial charge in [-0.1, -0.05) is 6.07 Å². The van der Waals surface area contributed by atoms with Crippen LogP contribution in [-0.4, -0.2) is 13.1 Å². The predicted molar refractivity (Wildman–Crippen MR) is 54.7 cm³/mol. The van der Waals surface area contributed by atoms with E-state index in [4.69, 9.17) is 5.73 Å². The topological polar surface area (TPSA) is 52.3 Å². The van der Waals surface area contributed by atoms with Crippen molar-refractivity contribution in [2.75, 3.05) is 7.11 Å². The van der Waals surface area contributed by atoms with Crippen LogP contribution >= 0.6 is 0 Å². The Morgan fingerprint density at radius 2 is 2.27 bits per heavy atom. The number of aryl methyl sites for hydroxylation is 1. The highest BCUT2D eigenvalue weighted by Crippen LogP contribution is 2.19. The number of methoxy groups -OCH3 is 1. The van der Waals surface area contributed by atoms with Crippen LogP contribution in [0.25, 0.3) is 0 Å². The molecule has 0 saturated heterocycles. The third-order valence-electron chi connectivity index (χ3n) is 2.26. The Labute approximate surface area is 88.0 Å². The number of carbonyl (C=O) groups is 1. The number of esters is 1. The standard InChI is InChI=1S/C11H14FNO2/c1-7-3-4-8(12)5-9(7)10(13)6-11(14)15-2/h3-5,10H,6,13H2,1-2H3/t10-/m0/s1. The van der Waals surface area contributed by atoms with Crippen LogP contribution in [0.15, 0.2) is 18.2 Å². The van der Waals surface area contributed by atoms with E-state index < -0.39 is 12.0 Å². The van der Waals surface area contributed by atoms with Crippen molar-refractivity contribution in [1.82, 2.24) is 0 Å². The zero-order valence-corrected chi connectivity index (χ0v) is 8.79. The molecule has 0 aromatic heterocycles. The molecule has 82 valence electrons. The van der Waals surface area contributed by atoms with Gasteiger partial charge in [-0.05, 0) is 30.2 Å². The summed E-state index contributed by atoms with van der Waals surface area (Å²) in [5.74, 6) is -0.748. The van der Waals surface area contributed by atoms with Crippen molar-refractivity contribution in [3.8, 4) is 0 Å². The van der Waals surface area contributed by atoms with E-state index in [9.17, 15) is 9.18 Å². The Bertz CT molecular complexity index is 366. The van der Waals surface area contributed by atoms with Crippen LogP contribution < -0.4 is 5.73 Å². The summed E-state index contributed by atoms with van der Waals surface area (Å²) in [6.45, 7) is 1.83. The van der Waals surface area contributed by atoms with Gasteiger partial charge in [-0.15, -0.1) is 0 Å². The molecule has 1 aromatic rings. The van der Waals surface area contributed by atoms with Crippen LogP contribution in [0.5, 0.6) is 0 Å². The lowest BCUT2D eigenvalue weighted by Gasteiger charge is -2.13. The van der Waals surface area contributed by atoms with Gasteiger partial charge >= 0.3 is 5.97 Å². The van der Waals surface area contributed by atoms with Gasteiger partial charge in [0.15, 0.2) is 0 Å². The number of rotatable bonds is 3. The summed E-state index contributed by atoms with van der Waals surface area (Å²) in [6, 6.07) is 3.84. The summed E-state index contributed by atoms with van der Waals surface area (Å²) in [7, 11) is 1.30. The maximum atomic E-state index is 13.0. The van der Waals surface area contributed by atoms with Gasteiger partial charge in [0.1, 0.15) is 5.82 Å². The molecule has 0 saturated carbocycles. The Kier molecular flexibility index (Phi) is 3.80. The first-order chi connectivity index (χ1) is 7.04. The van der Waals surface area contributed by atoms with Crippen LogP contribution in [-0.2, 0) is 9.53 Å². The molecule has 0 aliphatic heterocycles. The van der Waals surface area contributed by atoms with Crippen molar-refractivity contribution in [1.29, 1.82) is 0 Å². The Hall–Kier alpha value is -1.42. The quantitative estimate of drug-likeness (QED) is 0.774. The number of ether oxygens (including phenoxy) is 1. The highest BCUT2D eigenvalue weighted by atomic mass is 19.1. The van der Waals surface area contributed by atoms with Gasteiger partial charge in [0.2, 0.25) is 0 Å². The Morgan fingerprint density at radius 1 is 1.60 bits per heavy atom. The fraction of sp³-hybridized carbons (Fsp3) is 0.364. The number of hydrogen-bond acceptors (Lipinski definition) is 3.